The summed E-state index contributed by atoms with van der Waals surface area (Å²) in [4.78, 5) is 4.44. The lowest BCUT2D eigenvalue weighted by molar-refractivity contribution is 0.446. The average Bonchev–Trinajstić information content (AvgIpc) is 2.46. The Kier molecular flexibility index (Phi) is 4.38. The van der Waals surface area contributed by atoms with E-state index < -0.39 is 10.0 Å². The van der Waals surface area contributed by atoms with Crippen LogP contribution in [0.25, 0.3) is 10.9 Å². The number of hydrogen-bond acceptors (Lipinski definition) is 3. The fourth-order valence-electron chi connectivity index (χ4n) is 2.07. The maximum absolute atomic E-state index is 12.7. The van der Waals surface area contributed by atoms with Gasteiger partial charge in [0.1, 0.15) is 0 Å². The molecule has 20 heavy (non-hydrogen) atoms. The molecule has 0 amide bonds. The molecule has 0 fully saturated rings. The Hall–Kier alpha value is -1.90. The van der Waals surface area contributed by atoms with E-state index >= 15 is 0 Å². The molecule has 0 saturated heterocycles. The van der Waals surface area contributed by atoms with Gasteiger partial charge < -0.3 is 0 Å². The van der Waals surface area contributed by atoms with E-state index in [-0.39, 0.29) is 11.4 Å². The minimum absolute atomic E-state index is 0.0762. The second-order valence-corrected chi connectivity index (χ2v) is 6.28. The standard InChI is InChI=1S/C15H16N2O2S/c1-3-11-17(12-4-2)20(18,19)15-9-5-8-14-13(15)7-6-10-16-14/h1,5-10H,4,11-12H2,2H3. The first-order valence-electron chi connectivity index (χ1n) is 6.38. The van der Waals surface area contributed by atoms with Gasteiger partial charge in [0.25, 0.3) is 0 Å². The third kappa shape index (κ3) is 2.67. The number of sulfonamides is 1. The summed E-state index contributed by atoms with van der Waals surface area (Å²) in [6.45, 7) is 2.40. The van der Waals surface area contributed by atoms with Gasteiger partial charge in [0.15, 0.2) is 0 Å². The lowest BCUT2D eigenvalue weighted by Gasteiger charge is -2.20. The number of terminal acetylenes is 1. The van der Waals surface area contributed by atoms with Crippen molar-refractivity contribution in [2.45, 2.75) is 18.2 Å². The fourth-order valence-corrected chi connectivity index (χ4v) is 3.72. The molecule has 0 bridgehead atoms. The summed E-state index contributed by atoms with van der Waals surface area (Å²) in [5.74, 6) is 2.41. The van der Waals surface area contributed by atoms with Gasteiger partial charge in [-0.15, -0.1) is 6.42 Å². The Balaban J connectivity index is 2.59. The van der Waals surface area contributed by atoms with Crippen molar-refractivity contribution < 1.29 is 8.42 Å². The molecule has 1 heterocycles. The van der Waals surface area contributed by atoms with Crippen LogP contribution in [0.15, 0.2) is 41.4 Å². The maximum atomic E-state index is 12.7. The molecule has 0 aliphatic carbocycles. The number of fused-ring (bicyclic) bond motifs is 1. The molecule has 0 unspecified atom stereocenters. The van der Waals surface area contributed by atoms with Crippen molar-refractivity contribution in [1.82, 2.24) is 9.29 Å². The molecule has 2 rings (SSSR count). The van der Waals surface area contributed by atoms with Crippen LogP contribution in [0.1, 0.15) is 13.3 Å². The molecule has 0 spiro atoms. The van der Waals surface area contributed by atoms with Gasteiger partial charge in [0.2, 0.25) is 10.0 Å². The van der Waals surface area contributed by atoms with Crippen LogP contribution in [-0.4, -0.2) is 30.8 Å². The smallest absolute Gasteiger partial charge is 0.244 e. The van der Waals surface area contributed by atoms with Gasteiger partial charge in [0, 0.05) is 18.1 Å². The molecular weight excluding hydrogens is 272 g/mol. The number of nitrogens with zero attached hydrogens (tertiary/aromatic N) is 2. The van der Waals surface area contributed by atoms with Crippen LogP contribution in [-0.2, 0) is 10.0 Å². The Morgan fingerprint density at radius 1 is 1.30 bits per heavy atom. The topological polar surface area (TPSA) is 50.3 Å². The summed E-state index contributed by atoms with van der Waals surface area (Å²) in [5, 5.41) is 0.619. The van der Waals surface area contributed by atoms with E-state index in [9.17, 15) is 8.42 Å². The van der Waals surface area contributed by atoms with Crippen molar-refractivity contribution in [3.8, 4) is 12.3 Å². The molecule has 0 radical (unpaired) electrons. The van der Waals surface area contributed by atoms with Crippen molar-refractivity contribution in [1.29, 1.82) is 0 Å². The first-order chi connectivity index (χ1) is 9.61. The Morgan fingerprint density at radius 2 is 2.10 bits per heavy atom. The zero-order chi connectivity index (χ0) is 14.6. The van der Waals surface area contributed by atoms with Crippen LogP contribution >= 0.6 is 0 Å². The van der Waals surface area contributed by atoms with Crippen LogP contribution in [0.5, 0.6) is 0 Å². The predicted octanol–water partition coefficient (Wildman–Crippen LogP) is 2.27. The molecule has 0 atom stereocenters. The highest BCUT2D eigenvalue weighted by molar-refractivity contribution is 7.89. The largest absolute Gasteiger partial charge is 0.256 e. The normalized spacial score (nSPS) is 11.7. The van der Waals surface area contributed by atoms with E-state index in [1.807, 2.05) is 6.92 Å². The van der Waals surface area contributed by atoms with Crippen LogP contribution in [0.2, 0.25) is 0 Å². The van der Waals surface area contributed by atoms with Crippen molar-refractivity contribution in [2.24, 2.45) is 0 Å². The Bertz CT molecular complexity index is 743. The first kappa shape index (κ1) is 14.5. The summed E-state index contributed by atoms with van der Waals surface area (Å²) in [6.07, 6.45) is 7.63. The molecule has 2 aromatic rings. The van der Waals surface area contributed by atoms with Gasteiger partial charge in [0.05, 0.1) is 17.0 Å². The van der Waals surface area contributed by atoms with E-state index in [4.69, 9.17) is 6.42 Å². The van der Waals surface area contributed by atoms with Gasteiger partial charge >= 0.3 is 0 Å². The van der Waals surface area contributed by atoms with E-state index in [2.05, 4.69) is 10.9 Å². The lowest BCUT2D eigenvalue weighted by Crippen LogP contribution is -2.32. The number of hydrogen-bond donors (Lipinski definition) is 0. The third-order valence-corrected chi connectivity index (χ3v) is 4.87. The minimum Gasteiger partial charge on any atom is -0.256 e. The SMILES string of the molecule is C#CCN(CCC)S(=O)(=O)c1cccc2ncccc12. The quantitative estimate of drug-likeness (QED) is 0.793. The highest BCUT2D eigenvalue weighted by atomic mass is 32.2. The lowest BCUT2D eigenvalue weighted by atomic mass is 10.2. The number of benzene rings is 1. The van der Waals surface area contributed by atoms with E-state index in [1.165, 1.54) is 4.31 Å². The van der Waals surface area contributed by atoms with Crippen molar-refractivity contribution in [3.05, 3.63) is 36.5 Å². The van der Waals surface area contributed by atoms with Crippen molar-refractivity contribution in [2.75, 3.05) is 13.1 Å². The van der Waals surface area contributed by atoms with Crippen LogP contribution < -0.4 is 0 Å². The van der Waals surface area contributed by atoms with Crippen molar-refractivity contribution >= 4 is 20.9 Å². The van der Waals surface area contributed by atoms with Crippen molar-refractivity contribution in [3.63, 3.8) is 0 Å². The first-order valence-corrected chi connectivity index (χ1v) is 7.82. The van der Waals surface area contributed by atoms with Crippen LogP contribution in [0, 0.1) is 12.3 Å². The minimum atomic E-state index is -3.60. The Morgan fingerprint density at radius 3 is 2.80 bits per heavy atom. The predicted molar refractivity (Wildman–Crippen MR) is 79.6 cm³/mol. The number of pyridine rings is 1. The monoisotopic (exact) mass is 288 g/mol. The van der Waals surface area contributed by atoms with Crippen LogP contribution in [0.4, 0.5) is 0 Å². The summed E-state index contributed by atoms with van der Waals surface area (Å²) in [6, 6.07) is 8.57. The van der Waals surface area contributed by atoms with E-state index in [0.717, 1.165) is 0 Å². The molecule has 0 N–H and O–H groups in total. The Labute approximate surface area is 119 Å². The van der Waals surface area contributed by atoms with E-state index in [1.54, 1.807) is 36.5 Å². The molecule has 5 heteroatoms. The van der Waals surface area contributed by atoms with Gasteiger partial charge in [-0.1, -0.05) is 18.9 Å². The van der Waals surface area contributed by atoms with Gasteiger partial charge in [-0.2, -0.15) is 4.31 Å². The molecular formula is C15H16N2O2S. The fraction of sp³-hybridized carbons (Fsp3) is 0.267. The highest BCUT2D eigenvalue weighted by Gasteiger charge is 2.24. The molecule has 104 valence electrons. The number of aromatic nitrogens is 1. The highest BCUT2D eigenvalue weighted by Crippen LogP contribution is 2.24. The molecule has 1 aromatic carbocycles. The average molecular weight is 288 g/mol. The summed E-state index contributed by atoms with van der Waals surface area (Å²) in [5.41, 5.74) is 0.658. The summed E-state index contributed by atoms with van der Waals surface area (Å²) in [7, 11) is -3.60. The molecule has 0 saturated carbocycles. The second kappa shape index (κ2) is 6.04. The zero-order valence-electron chi connectivity index (χ0n) is 11.3. The summed E-state index contributed by atoms with van der Waals surface area (Å²) < 4.78 is 26.8. The molecule has 4 nitrogen and oxygen atoms in total. The third-order valence-electron chi connectivity index (χ3n) is 2.96. The molecule has 0 aliphatic heterocycles. The molecule has 0 aliphatic rings. The second-order valence-electron chi connectivity index (χ2n) is 4.37. The summed E-state index contributed by atoms with van der Waals surface area (Å²) >= 11 is 0. The van der Waals surface area contributed by atoms with Gasteiger partial charge in [-0.25, -0.2) is 8.42 Å². The van der Waals surface area contributed by atoms with Crippen LogP contribution in [0.3, 0.4) is 0 Å². The van der Waals surface area contributed by atoms with Gasteiger partial charge in [-0.3, -0.25) is 4.98 Å². The number of rotatable bonds is 5. The van der Waals surface area contributed by atoms with Gasteiger partial charge in [-0.05, 0) is 30.7 Å². The van der Waals surface area contributed by atoms with E-state index in [0.29, 0.717) is 23.9 Å². The zero-order valence-corrected chi connectivity index (χ0v) is 12.1. The maximum Gasteiger partial charge on any atom is 0.244 e. The molecule has 1 aromatic heterocycles.